The van der Waals surface area contributed by atoms with E-state index >= 15 is 0 Å². The van der Waals surface area contributed by atoms with Crippen LogP contribution in [0.25, 0.3) is 33.2 Å². The summed E-state index contributed by atoms with van der Waals surface area (Å²) in [5.41, 5.74) is 5.01. The van der Waals surface area contributed by atoms with Crippen LogP contribution in [0.3, 0.4) is 0 Å². The van der Waals surface area contributed by atoms with Crippen LogP contribution in [0.5, 0.6) is 0 Å². The third-order valence-electron chi connectivity index (χ3n) is 5.03. The largest absolute Gasteiger partial charge is 0.478 e. The maximum absolute atomic E-state index is 11.3. The molecule has 0 aliphatic rings. The molecule has 4 aromatic rings. The van der Waals surface area contributed by atoms with Gasteiger partial charge in [-0.1, -0.05) is 6.07 Å². The van der Waals surface area contributed by atoms with Gasteiger partial charge in [0, 0.05) is 24.0 Å². The Morgan fingerprint density at radius 1 is 1.11 bits per heavy atom. The minimum absolute atomic E-state index is 0.197. The molecule has 0 unspecified atom stereocenters. The van der Waals surface area contributed by atoms with E-state index in [1.54, 1.807) is 18.2 Å². The molecule has 7 nitrogen and oxygen atoms in total. The summed E-state index contributed by atoms with van der Waals surface area (Å²) >= 11 is 0. The van der Waals surface area contributed by atoms with Crippen molar-refractivity contribution in [1.82, 2.24) is 20.2 Å². The molecule has 0 aliphatic heterocycles. The van der Waals surface area contributed by atoms with Crippen LogP contribution in [0.2, 0.25) is 0 Å². The first-order valence-corrected chi connectivity index (χ1v) is 9.08. The molecule has 2 N–H and O–H groups in total. The van der Waals surface area contributed by atoms with Crippen LogP contribution >= 0.6 is 0 Å². The van der Waals surface area contributed by atoms with Gasteiger partial charge in [0.05, 0.1) is 27.8 Å². The molecule has 2 aromatic heterocycles. The van der Waals surface area contributed by atoms with E-state index in [1.165, 1.54) is 0 Å². The van der Waals surface area contributed by atoms with Gasteiger partial charge in [-0.25, -0.2) is 14.8 Å². The van der Waals surface area contributed by atoms with Crippen LogP contribution in [0, 0.1) is 6.92 Å². The monoisotopic (exact) mass is 375 g/mol. The van der Waals surface area contributed by atoms with Gasteiger partial charge in [0.1, 0.15) is 5.69 Å². The summed E-state index contributed by atoms with van der Waals surface area (Å²) in [5, 5.41) is 17.6. The highest BCUT2D eigenvalue weighted by atomic mass is 16.4. The summed E-state index contributed by atoms with van der Waals surface area (Å²) in [5.74, 6) is -0.266. The average Bonchev–Trinajstić information content (AvgIpc) is 3.06. The third kappa shape index (κ3) is 2.94. The molecule has 0 bridgehead atoms. The number of carboxylic acids is 1. The smallest absolute Gasteiger partial charge is 0.335 e. The summed E-state index contributed by atoms with van der Waals surface area (Å²) in [6.07, 6.45) is 0. The predicted octanol–water partition coefficient (Wildman–Crippen LogP) is 4.02. The number of rotatable bonds is 4. The first kappa shape index (κ1) is 17.9. The summed E-state index contributed by atoms with van der Waals surface area (Å²) < 4.78 is 0. The number of benzene rings is 2. The summed E-state index contributed by atoms with van der Waals surface area (Å²) in [7, 11) is 1.96. The lowest BCUT2D eigenvalue weighted by Crippen LogP contribution is -2.27. The molecule has 142 valence electrons. The van der Waals surface area contributed by atoms with Crippen LogP contribution in [0.1, 0.15) is 29.9 Å². The molecule has 2 aromatic carbocycles. The second-order valence-electron chi connectivity index (χ2n) is 7.18. The van der Waals surface area contributed by atoms with Crippen LogP contribution in [0.15, 0.2) is 36.4 Å². The molecule has 0 spiro atoms. The molecule has 0 atom stereocenters. The zero-order valence-electron chi connectivity index (χ0n) is 16.2. The summed E-state index contributed by atoms with van der Waals surface area (Å²) in [6, 6.07) is 11.1. The Labute approximate surface area is 162 Å². The number of nitrogens with one attached hydrogen (secondary N) is 1. The van der Waals surface area contributed by atoms with Crippen LogP contribution < -0.4 is 4.90 Å². The van der Waals surface area contributed by atoms with E-state index in [4.69, 9.17) is 9.97 Å². The van der Waals surface area contributed by atoms with E-state index < -0.39 is 5.97 Å². The fraction of sp³-hybridized carbons (Fsp3) is 0.238. The standard InChI is InChI=1S/C21H21N5O2/c1-11(2)26(4)20-19(13-5-7-16-15(9-13)12(3)24-25-16)22-17-8-6-14(21(27)28)10-18(17)23-20/h5-11H,1-4H3,(H,24,25)(H,27,28). The molecule has 28 heavy (non-hydrogen) atoms. The van der Waals surface area contributed by atoms with Crippen molar-refractivity contribution < 1.29 is 9.90 Å². The Morgan fingerprint density at radius 3 is 2.61 bits per heavy atom. The van der Waals surface area contributed by atoms with Crippen molar-refractivity contribution in [3.05, 3.63) is 47.7 Å². The average molecular weight is 375 g/mol. The van der Waals surface area contributed by atoms with Crippen molar-refractivity contribution in [2.75, 3.05) is 11.9 Å². The fourth-order valence-electron chi connectivity index (χ4n) is 3.15. The number of aryl methyl sites for hydroxylation is 1. The number of aromatic nitrogens is 4. The van der Waals surface area contributed by atoms with E-state index in [2.05, 4.69) is 30.1 Å². The Balaban J connectivity index is 1.98. The minimum atomic E-state index is -0.979. The Kier molecular flexibility index (Phi) is 4.22. The van der Waals surface area contributed by atoms with Crippen molar-refractivity contribution in [1.29, 1.82) is 0 Å². The highest BCUT2D eigenvalue weighted by molar-refractivity contribution is 5.94. The normalized spacial score (nSPS) is 11.5. The number of anilines is 1. The molecule has 0 saturated heterocycles. The van der Waals surface area contributed by atoms with E-state index in [9.17, 15) is 9.90 Å². The molecule has 4 rings (SSSR count). The lowest BCUT2D eigenvalue weighted by molar-refractivity contribution is 0.0697. The topological polar surface area (TPSA) is 95.0 Å². The van der Waals surface area contributed by atoms with Crippen LogP contribution in [0.4, 0.5) is 5.82 Å². The molecular weight excluding hydrogens is 354 g/mol. The Bertz CT molecular complexity index is 1210. The fourth-order valence-corrected chi connectivity index (χ4v) is 3.15. The van der Waals surface area contributed by atoms with Gasteiger partial charge >= 0.3 is 5.97 Å². The third-order valence-corrected chi connectivity index (χ3v) is 5.03. The van der Waals surface area contributed by atoms with Gasteiger partial charge in [-0.15, -0.1) is 0 Å². The van der Waals surface area contributed by atoms with Crippen molar-refractivity contribution >= 4 is 33.7 Å². The molecule has 0 fully saturated rings. The van der Waals surface area contributed by atoms with E-state index in [1.807, 2.05) is 31.0 Å². The number of aromatic amines is 1. The second kappa shape index (κ2) is 6.60. The molecule has 0 saturated carbocycles. The molecule has 0 aliphatic carbocycles. The zero-order valence-corrected chi connectivity index (χ0v) is 16.2. The van der Waals surface area contributed by atoms with Crippen LogP contribution in [-0.2, 0) is 0 Å². The lowest BCUT2D eigenvalue weighted by atomic mass is 10.1. The van der Waals surface area contributed by atoms with Gasteiger partial charge in [-0.3, -0.25) is 5.10 Å². The van der Waals surface area contributed by atoms with Gasteiger partial charge in [-0.2, -0.15) is 5.10 Å². The molecule has 7 heteroatoms. The molecular formula is C21H21N5O2. The van der Waals surface area contributed by atoms with Gasteiger partial charge in [0.25, 0.3) is 0 Å². The lowest BCUT2D eigenvalue weighted by Gasteiger charge is -2.25. The highest BCUT2D eigenvalue weighted by Crippen LogP contribution is 2.32. The van der Waals surface area contributed by atoms with Gasteiger partial charge in [0.15, 0.2) is 5.82 Å². The summed E-state index contributed by atoms with van der Waals surface area (Å²) in [4.78, 5) is 23.0. The number of nitrogens with zero attached hydrogens (tertiary/aromatic N) is 4. The Morgan fingerprint density at radius 2 is 1.89 bits per heavy atom. The van der Waals surface area contributed by atoms with Crippen molar-refractivity contribution in [2.45, 2.75) is 26.8 Å². The van der Waals surface area contributed by atoms with Gasteiger partial charge in [0.2, 0.25) is 0 Å². The predicted molar refractivity (Wildman–Crippen MR) is 110 cm³/mol. The first-order valence-electron chi connectivity index (χ1n) is 9.08. The maximum Gasteiger partial charge on any atom is 0.335 e. The number of hydrogen-bond acceptors (Lipinski definition) is 5. The van der Waals surface area contributed by atoms with Crippen molar-refractivity contribution in [3.8, 4) is 11.3 Å². The number of aromatic carboxylic acids is 1. The van der Waals surface area contributed by atoms with Crippen molar-refractivity contribution in [2.24, 2.45) is 0 Å². The van der Waals surface area contributed by atoms with E-state index in [0.29, 0.717) is 16.9 Å². The minimum Gasteiger partial charge on any atom is -0.478 e. The quantitative estimate of drug-likeness (QED) is 0.559. The van der Waals surface area contributed by atoms with Crippen LogP contribution in [-0.4, -0.2) is 44.3 Å². The number of hydrogen-bond donors (Lipinski definition) is 2. The SMILES string of the molecule is Cc1n[nH]c2ccc(-c3nc4ccc(C(=O)O)cc4nc3N(C)C(C)C)cc12. The van der Waals surface area contributed by atoms with E-state index in [0.717, 1.165) is 27.9 Å². The zero-order chi connectivity index (χ0) is 20.0. The number of carbonyl (C=O) groups is 1. The molecule has 0 amide bonds. The van der Waals surface area contributed by atoms with Crippen molar-refractivity contribution in [3.63, 3.8) is 0 Å². The second-order valence-corrected chi connectivity index (χ2v) is 7.18. The maximum atomic E-state index is 11.3. The number of H-pyrrole nitrogens is 1. The molecule has 0 radical (unpaired) electrons. The van der Waals surface area contributed by atoms with Gasteiger partial charge < -0.3 is 10.0 Å². The van der Waals surface area contributed by atoms with Gasteiger partial charge in [-0.05, 0) is 51.1 Å². The summed E-state index contributed by atoms with van der Waals surface area (Å²) in [6.45, 7) is 6.11. The molecule has 2 heterocycles. The number of fused-ring (bicyclic) bond motifs is 2. The van der Waals surface area contributed by atoms with E-state index in [-0.39, 0.29) is 11.6 Å². The Hall–Kier alpha value is -3.48. The first-order chi connectivity index (χ1) is 13.3. The number of carboxylic acid groups (broad SMARTS) is 1. The highest BCUT2D eigenvalue weighted by Gasteiger charge is 2.18.